The van der Waals surface area contributed by atoms with Gasteiger partial charge in [0.2, 0.25) is 0 Å². The summed E-state index contributed by atoms with van der Waals surface area (Å²) in [6.45, 7) is 2.02. The van der Waals surface area contributed by atoms with Crippen LogP contribution in [-0.2, 0) is 4.79 Å². The van der Waals surface area contributed by atoms with Gasteiger partial charge in [-0.1, -0.05) is 0 Å². The van der Waals surface area contributed by atoms with Gasteiger partial charge in [-0.2, -0.15) is 0 Å². The molecule has 0 unspecified atom stereocenters. The number of carbonyl (C=O) groups is 1. The van der Waals surface area contributed by atoms with Gasteiger partial charge in [0.25, 0.3) is 7.41 Å². The molecule has 0 spiro atoms. The summed E-state index contributed by atoms with van der Waals surface area (Å²) in [5.41, 5.74) is 5.78. The van der Waals surface area contributed by atoms with E-state index in [4.69, 9.17) is 5.73 Å². The van der Waals surface area contributed by atoms with Crippen LogP contribution in [0.3, 0.4) is 0 Å². The Morgan fingerprint density at radius 2 is 2.27 bits per heavy atom. The second-order valence-electron chi connectivity index (χ2n) is 3.16. The molecular weight excluding hydrogens is 139 g/mol. The quantitative estimate of drug-likeness (QED) is 0.424. The van der Waals surface area contributed by atoms with Crippen molar-refractivity contribution in [3.8, 4) is 0 Å². The Labute approximate surface area is 68.2 Å². The van der Waals surface area contributed by atoms with Gasteiger partial charge in [0.15, 0.2) is 0 Å². The van der Waals surface area contributed by atoms with Crippen LogP contribution in [0.2, 0.25) is 0 Å². The van der Waals surface area contributed by atoms with E-state index in [-0.39, 0.29) is 0 Å². The van der Waals surface area contributed by atoms with Crippen molar-refractivity contribution in [1.82, 2.24) is 4.81 Å². The molecule has 1 aliphatic heterocycles. The summed E-state index contributed by atoms with van der Waals surface area (Å²) in [5, 5.41) is 0. The van der Waals surface area contributed by atoms with Crippen molar-refractivity contribution in [1.29, 1.82) is 0 Å². The van der Waals surface area contributed by atoms with Gasteiger partial charge in [-0.05, 0) is 32.4 Å². The van der Waals surface area contributed by atoms with Crippen molar-refractivity contribution < 1.29 is 4.79 Å². The third-order valence-corrected chi connectivity index (χ3v) is 2.20. The summed E-state index contributed by atoms with van der Waals surface area (Å²) in [6, 6.07) is 0.353. The molecule has 1 atom stereocenters. The summed E-state index contributed by atoms with van der Waals surface area (Å²) in [7, 11) is 0.576. The number of hydrogen-bond acceptors (Lipinski definition) is 3. The summed E-state index contributed by atoms with van der Waals surface area (Å²) in [6.07, 6.45) is 4.25. The largest absolute Gasteiger partial charge is 0.339 e. The molecule has 0 aliphatic carbocycles. The lowest BCUT2D eigenvalue weighted by Crippen LogP contribution is -2.30. The van der Waals surface area contributed by atoms with Crippen LogP contribution in [0, 0.1) is 0 Å². The van der Waals surface area contributed by atoms with E-state index in [1.165, 1.54) is 0 Å². The fourth-order valence-electron chi connectivity index (χ4n) is 1.47. The minimum atomic E-state index is 0.353. The van der Waals surface area contributed by atoms with Crippen LogP contribution < -0.4 is 5.73 Å². The minimum Gasteiger partial charge on any atom is -0.339 e. The highest BCUT2D eigenvalue weighted by Gasteiger charge is 2.13. The Hall–Kier alpha value is -0.345. The summed E-state index contributed by atoms with van der Waals surface area (Å²) in [4.78, 5) is 12.4. The van der Waals surface area contributed by atoms with E-state index in [0.717, 1.165) is 38.5 Å². The molecule has 1 rings (SSSR count). The van der Waals surface area contributed by atoms with E-state index in [1.54, 1.807) is 0 Å². The Bertz CT molecular complexity index is 132. The molecule has 0 bridgehead atoms. The first-order valence-corrected chi connectivity index (χ1v) is 4.24. The van der Waals surface area contributed by atoms with E-state index < -0.39 is 0 Å². The molecule has 0 amide bonds. The maximum atomic E-state index is 10.2. The van der Waals surface area contributed by atoms with Gasteiger partial charge in [0, 0.05) is 6.04 Å². The number of nitrogens with zero attached hydrogens (tertiary/aromatic N) is 1. The van der Waals surface area contributed by atoms with Crippen LogP contribution in [0.25, 0.3) is 0 Å². The van der Waals surface area contributed by atoms with Crippen molar-refractivity contribution in [2.75, 3.05) is 13.1 Å². The number of hydrogen-bond donors (Lipinski definition) is 1. The van der Waals surface area contributed by atoms with Crippen molar-refractivity contribution in [2.24, 2.45) is 5.73 Å². The molecule has 1 heterocycles. The SMILES string of the molecule is N[C@@H]1CCCN(BC=O)CC1. The first kappa shape index (κ1) is 8.75. The lowest BCUT2D eigenvalue weighted by atomic mass is 9.94. The third-order valence-electron chi connectivity index (χ3n) is 2.20. The highest BCUT2D eigenvalue weighted by atomic mass is 16.1. The first-order valence-electron chi connectivity index (χ1n) is 4.24. The smallest absolute Gasteiger partial charge is 0.281 e. The normalized spacial score (nSPS) is 27.5. The topological polar surface area (TPSA) is 46.3 Å². The predicted molar refractivity (Wildman–Crippen MR) is 47.3 cm³/mol. The van der Waals surface area contributed by atoms with E-state index in [2.05, 4.69) is 4.81 Å². The molecule has 0 saturated carbocycles. The fourth-order valence-corrected chi connectivity index (χ4v) is 1.47. The van der Waals surface area contributed by atoms with E-state index in [9.17, 15) is 4.79 Å². The number of nitrogens with two attached hydrogens (primary N) is 1. The van der Waals surface area contributed by atoms with E-state index in [1.807, 2.05) is 0 Å². The van der Waals surface area contributed by atoms with Gasteiger partial charge in [-0.25, -0.2) is 0 Å². The first-order chi connectivity index (χ1) is 5.33. The zero-order valence-corrected chi connectivity index (χ0v) is 6.83. The molecule has 0 radical (unpaired) electrons. The van der Waals surface area contributed by atoms with Crippen LogP contribution >= 0.6 is 0 Å². The van der Waals surface area contributed by atoms with Crippen LogP contribution in [0.1, 0.15) is 19.3 Å². The zero-order valence-electron chi connectivity index (χ0n) is 6.83. The summed E-state index contributed by atoms with van der Waals surface area (Å²) >= 11 is 0. The van der Waals surface area contributed by atoms with E-state index in [0.29, 0.717) is 13.5 Å². The maximum absolute atomic E-state index is 10.2. The standard InChI is InChI=1S/C7H15BN2O/c9-7-2-1-4-10(5-3-7)8-6-11/h6-8H,1-5,9H2/t7-/m1/s1. The molecule has 62 valence electrons. The highest BCUT2D eigenvalue weighted by Crippen LogP contribution is 2.07. The molecular formula is C7H15BN2O. The molecule has 2 N–H and O–H groups in total. The lowest BCUT2D eigenvalue weighted by molar-refractivity contribution is 0.459. The van der Waals surface area contributed by atoms with Crippen molar-refractivity contribution in [2.45, 2.75) is 25.3 Å². The average Bonchev–Trinajstić information content (AvgIpc) is 2.17. The van der Waals surface area contributed by atoms with Crippen molar-refractivity contribution in [3.05, 3.63) is 0 Å². The molecule has 0 aromatic rings. The van der Waals surface area contributed by atoms with E-state index >= 15 is 0 Å². The summed E-state index contributed by atoms with van der Waals surface area (Å²) < 4.78 is 0. The van der Waals surface area contributed by atoms with Gasteiger partial charge < -0.3 is 15.3 Å². The molecule has 4 heteroatoms. The van der Waals surface area contributed by atoms with Crippen LogP contribution in [0.4, 0.5) is 0 Å². The van der Waals surface area contributed by atoms with Gasteiger partial charge in [0.1, 0.15) is 0 Å². The van der Waals surface area contributed by atoms with Crippen molar-refractivity contribution in [3.63, 3.8) is 0 Å². The molecule has 3 nitrogen and oxygen atoms in total. The van der Waals surface area contributed by atoms with Crippen LogP contribution in [0.15, 0.2) is 0 Å². The fraction of sp³-hybridized carbons (Fsp3) is 0.857. The molecule has 11 heavy (non-hydrogen) atoms. The molecule has 0 aromatic carbocycles. The number of carbonyl (C=O) groups excluding carboxylic acids is 1. The van der Waals surface area contributed by atoms with Crippen molar-refractivity contribution >= 4 is 13.6 Å². The second-order valence-corrected chi connectivity index (χ2v) is 3.16. The zero-order chi connectivity index (χ0) is 8.10. The Morgan fingerprint density at radius 1 is 1.45 bits per heavy atom. The lowest BCUT2D eigenvalue weighted by Gasteiger charge is -2.14. The van der Waals surface area contributed by atoms with Crippen LogP contribution in [0.5, 0.6) is 0 Å². The average molecular weight is 154 g/mol. The predicted octanol–water partition coefficient (Wildman–Crippen LogP) is -0.659. The highest BCUT2D eigenvalue weighted by molar-refractivity contribution is 6.64. The molecule has 0 aromatic heterocycles. The Kier molecular flexibility index (Phi) is 3.59. The maximum Gasteiger partial charge on any atom is 0.281 e. The Morgan fingerprint density at radius 3 is 3.00 bits per heavy atom. The van der Waals surface area contributed by atoms with Gasteiger partial charge in [-0.15, -0.1) is 0 Å². The monoisotopic (exact) mass is 154 g/mol. The van der Waals surface area contributed by atoms with Gasteiger partial charge in [0.05, 0.1) is 6.19 Å². The van der Waals surface area contributed by atoms with Gasteiger partial charge in [-0.3, -0.25) is 0 Å². The Balaban J connectivity index is 2.27. The summed E-state index contributed by atoms with van der Waals surface area (Å²) in [5.74, 6) is 0. The third kappa shape index (κ3) is 3.03. The molecule has 1 aliphatic rings. The minimum absolute atomic E-state index is 0.353. The van der Waals surface area contributed by atoms with Crippen LogP contribution in [-0.4, -0.2) is 37.5 Å². The molecule has 1 saturated heterocycles. The number of rotatable bonds is 2. The van der Waals surface area contributed by atoms with Gasteiger partial charge >= 0.3 is 0 Å². The molecule has 1 fully saturated rings. The second kappa shape index (κ2) is 4.52.